The second-order valence-electron chi connectivity index (χ2n) is 4.40. The van der Waals surface area contributed by atoms with E-state index in [4.69, 9.17) is 11.6 Å². The minimum Gasteiger partial charge on any atom is -0.299 e. The smallest absolute Gasteiger partial charge is 0.0406 e. The molecule has 1 heterocycles. The minimum atomic E-state index is 0.588. The van der Waals surface area contributed by atoms with Crippen molar-refractivity contribution in [2.75, 3.05) is 13.6 Å². The maximum Gasteiger partial charge on any atom is 0.0406 e. The molecule has 2 heteroatoms. The van der Waals surface area contributed by atoms with Crippen LogP contribution in [0.1, 0.15) is 37.3 Å². The third-order valence-electron chi connectivity index (χ3n) is 3.28. The van der Waals surface area contributed by atoms with Crippen molar-refractivity contribution in [3.05, 3.63) is 34.9 Å². The summed E-state index contributed by atoms with van der Waals surface area (Å²) in [7, 11) is 2.23. The minimum absolute atomic E-state index is 0.588. The van der Waals surface area contributed by atoms with Crippen molar-refractivity contribution < 1.29 is 0 Å². The molecular formula is C13H18ClN. The Morgan fingerprint density at radius 1 is 1.13 bits per heavy atom. The van der Waals surface area contributed by atoms with Gasteiger partial charge in [0.15, 0.2) is 0 Å². The highest BCUT2D eigenvalue weighted by atomic mass is 35.5. The van der Waals surface area contributed by atoms with Crippen LogP contribution in [0.2, 0.25) is 5.02 Å². The van der Waals surface area contributed by atoms with Gasteiger partial charge in [-0.15, -0.1) is 0 Å². The van der Waals surface area contributed by atoms with Gasteiger partial charge in [0, 0.05) is 11.1 Å². The van der Waals surface area contributed by atoms with Gasteiger partial charge < -0.3 is 0 Å². The molecule has 0 bridgehead atoms. The Kier molecular flexibility index (Phi) is 3.66. The first kappa shape index (κ1) is 11.0. The predicted octanol–water partition coefficient (Wildman–Crippen LogP) is 3.89. The molecule has 15 heavy (non-hydrogen) atoms. The van der Waals surface area contributed by atoms with Gasteiger partial charge in [0.2, 0.25) is 0 Å². The Bertz CT molecular complexity index is 307. The summed E-state index contributed by atoms with van der Waals surface area (Å²) in [4.78, 5) is 2.47. The Morgan fingerprint density at radius 3 is 2.60 bits per heavy atom. The number of nitrogens with zero attached hydrogens (tertiary/aromatic N) is 1. The van der Waals surface area contributed by atoms with Gasteiger partial charge in [0.25, 0.3) is 0 Å². The molecule has 1 aliphatic rings. The summed E-state index contributed by atoms with van der Waals surface area (Å²) in [5.41, 5.74) is 1.41. The first-order valence-corrected chi connectivity index (χ1v) is 6.11. The number of hydrogen-bond donors (Lipinski definition) is 0. The van der Waals surface area contributed by atoms with Crippen LogP contribution in [-0.2, 0) is 0 Å². The molecule has 0 aliphatic carbocycles. The van der Waals surface area contributed by atoms with E-state index in [0.717, 1.165) is 5.02 Å². The van der Waals surface area contributed by atoms with E-state index < -0.39 is 0 Å². The van der Waals surface area contributed by atoms with Gasteiger partial charge in [-0.2, -0.15) is 0 Å². The van der Waals surface area contributed by atoms with E-state index >= 15 is 0 Å². The lowest BCUT2D eigenvalue weighted by molar-refractivity contribution is 0.250. The fourth-order valence-corrected chi connectivity index (χ4v) is 2.48. The highest BCUT2D eigenvalue weighted by molar-refractivity contribution is 6.30. The summed E-state index contributed by atoms with van der Waals surface area (Å²) in [5, 5.41) is 0.829. The largest absolute Gasteiger partial charge is 0.299 e. The average molecular weight is 224 g/mol. The van der Waals surface area contributed by atoms with E-state index in [0.29, 0.717) is 6.04 Å². The molecule has 2 rings (SSSR count). The van der Waals surface area contributed by atoms with E-state index in [1.54, 1.807) is 0 Å². The molecule has 1 saturated heterocycles. The summed E-state index contributed by atoms with van der Waals surface area (Å²) < 4.78 is 0. The van der Waals surface area contributed by atoms with Crippen LogP contribution in [0, 0.1) is 0 Å². The first-order valence-electron chi connectivity index (χ1n) is 5.73. The van der Waals surface area contributed by atoms with Gasteiger partial charge in [-0.25, -0.2) is 0 Å². The average Bonchev–Trinajstić information content (AvgIpc) is 2.44. The molecule has 1 fully saturated rings. The van der Waals surface area contributed by atoms with Crippen LogP contribution in [0.25, 0.3) is 0 Å². The highest BCUT2D eigenvalue weighted by Crippen LogP contribution is 2.29. The van der Waals surface area contributed by atoms with Crippen LogP contribution in [0.15, 0.2) is 24.3 Å². The van der Waals surface area contributed by atoms with E-state index in [1.807, 2.05) is 12.1 Å². The molecule has 1 aliphatic heterocycles. The lowest BCUT2D eigenvalue weighted by Gasteiger charge is -2.26. The molecule has 0 radical (unpaired) electrons. The Hall–Kier alpha value is -0.530. The number of halogens is 1. The molecule has 1 atom stereocenters. The lowest BCUT2D eigenvalue weighted by Crippen LogP contribution is -2.23. The third kappa shape index (κ3) is 2.73. The SMILES string of the molecule is CN1CCCCCC1c1ccc(Cl)cc1. The molecule has 1 aromatic carbocycles. The summed E-state index contributed by atoms with van der Waals surface area (Å²) >= 11 is 5.91. The van der Waals surface area contributed by atoms with Crippen molar-refractivity contribution in [1.29, 1.82) is 0 Å². The zero-order chi connectivity index (χ0) is 10.7. The number of likely N-dealkylation sites (tertiary alicyclic amines) is 1. The molecule has 0 spiro atoms. The predicted molar refractivity (Wildman–Crippen MR) is 65.3 cm³/mol. The van der Waals surface area contributed by atoms with Gasteiger partial charge in [0.05, 0.1) is 0 Å². The molecule has 0 N–H and O–H groups in total. The van der Waals surface area contributed by atoms with Gasteiger partial charge in [-0.05, 0) is 44.1 Å². The van der Waals surface area contributed by atoms with Crippen LogP contribution >= 0.6 is 11.6 Å². The molecule has 0 amide bonds. The quantitative estimate of drug-likeness (QED) is 0.698. The summed E-state index contributed by atoms with van der Waals surface area (Å²) in [6.45, 7) is 1.22. The van der Waals surface area contributed by atoms with Crippen molar-refractivity contribution in [3.63, 3.8) is 0 Å². The summed E-state index contributed by atoms with van der Waals surface area (Å²) in [6.07, 6.45) is 5.32. The van der Waals surface area contributed by atoms with E-state index in [2.05, 4.69) is 24.1 Å². The summed E-state index contributed by atoms with van der Waals surface area (Å²) in [5.74, 6) is 0. The summed E-state index contributed by atoms with van der Waals surface area (Å²) in [6, 6.07) is 8.90. The molecule has 1 unspecified atom stereocenters. The first-order chi connectivity index (χ1) is 7.27. The molecule has 0 aromatic heterocycles. The molecular weight excluding hydrogens is 206 g/mol. The number of benzene rings is 1. The molecule has 1 aromatic rings. The second kappa shape index (κ2) is 5.00. The van der Waals surface area contributed by atoms with Gasteiger partial charge >= 0.3 is 0 Å². The zero-order valence-electron chi connectivity index (χ0n) is 9.25. The topological polar surface area (TPSA) is 3.24 Å². The fourth-order valence-electron chi connectivity index (χ4n) is 2.36. The van der Waals surface area contributed by atoms with Gasteiger partial charge in [-0.3, -0.25) is 4.90 Å². The number of rotatable bonds is 1. The monoisotopic (exact) mass is 223 g/mol. The number of hydrogen-bond acceptors (Lipinski definition) is 1. The Balaban J connectivity index is 2.16. The second-order valence-corrected chi connectivity index (χ2v) is 4.83. The molecule has 1 nitrogen and oxygen atoms in total. The zero-order valence-corrected chi connectivity index (χ0v) is 10.0. The van der Waals surface area contributed by atoms with Crippen molar-refractivity contribution in [2.24, 2.45) is 0 Å². The molecule has 82 valence electrons. The maximum atomic E-state index is 5.91. The van der Waals surface area contributed by atoms with E-state index in [1.165, 1.54) is 37.8 Å². The molecule has 0 saturated carbocycles. The Labute approximate surface area is 97.0 Å². The standard InChI is InChI=1S/C13H18ClN/c1-15-10-4-2-3-5-13(15)11-6-8-12(14)9-7-11/h6-9,13H,2-5,10H2,1H3. The van der Waals surface area contributed by atoms with Crippen LogP contribution < -0.4 is 0 Å². The van der Waals surface area contributed by atoms with E-state index in [-0.39, 0.29) is 0 Å². The maximum absolute atomic E-state index is 5.91. The van der Waals surface area contributed by atoms with Crippen LogP contribution in [0.5, 0.6) is 0 Å². The van der Waals surface area contributed by atoms with Crippen LogP contribution in [0.3, 0.4) is 0 Å². The van der Waals surface area contributed by atoms with Crippen molar-refractivity contribution in [3.8, 4) is 0 Å². The normalized spacial score (nSPS) is 23.7. The van der Waals surface area contributed by atoms with Crippen LogP contribution in [0.4, 0.5) is 0 Å². The van der Waals surface area contributed by atoms with Crippen molar-refractivity contribution in [2.45, 2.75) is 31.7 Å². The lowest BCUT2D eigenvalue weighted by atomic mass is 10.0. The van der Waals surface area contributed by atoms with Crippen molar-refractivity contribution >= 4 is 11.6 Å². The van der Waals surface area contributed by atoms with Gasteiger partial charge in [-0.1, -0.05) is 36.6 Å². The Morgan fingerprint density at radius 2 is 1.87 bits per heavy atom. The fraction of sp³-hybridized carbons (Fsp3) is 0.538. The van der Waals surface area contributed by atoms with Crippen LogP contribution in [-0.4, -0.2) is 18.5 Å². The van der Waals surface area contributed by atoms with Crippen molar-refractivity contribution in [1.82, 2.24) is 4.90 Å². The van der Waals surface area contributed by atoms with Gasteiger partial charge in [0.1, 0.15) is 0 Å². The third-order valence-corrected chi connectivity index (χ3v) is 3.53. The highest BCUT2D eigenvalue weighted by Gasteiger charge is 2.18. The van der Waals surface area contributed by atoms with E-state index in [9.17, 15) is 0 Å².